The summed E-state index contributed by atoms with van der Waals surface area (Å²) >= 11 is 0. The Balaban J connectivity index is 1.17. The highest BCUT2D eigenvalue weighted by Gasteiger charge is 2.25. The SMILES string of the molecule is CCCCOc1cc(C(=O)N2CCC(Cc3cccc(NC(=O)Nc4cc(C(C)(C)C)nn4-c4ccc(C)cc4)c3)CC2)ccc1OC. The van der Waals surface area contributed by atoms with Gasteiger partial charge in [-0.1, -0.05) is 63.9 Å². The molecule has 1 aromatic heterocycles. The van der Waals surface area contributed by atoms with E-state index in [-0.39, 0.29) is 17.4 Å². The second kappa shape index (κ2) is 15.4. The third-order valence-corrected chi connectivity index (χ3v) is 8.77. The Morgan fingerprint density at radius 2 is 1.69 bits per heavy atom. The Labute approximate surface area is 284 Å². The number of hydrogen-bond donors (Lipinski definition) is 2. The Hall–Kier alpha value is -4.79. The van der Waals surface area contributed by atoms with Crippen molar-refractivity contribution in [2.45, 2.75) is 72.1 Å². The molecule has 4 aromatic rings. The zero-order chi connectivity index (χ0) is 34.3. The zero-order valence-corrected chi connectivity index (χ0v) is 29.1. The number of nitrogens with zero attached hydrogens (tertiary/aromatic N) is 3. The predicted molar refractivity (Wildman–Crippen MR) is 192 cm³/mol. The number of likely N-dealkylation sites (tertiary alicyclic amines) is 1. The number of unbranched alkanes of at least 4 members (excludes halogenated alkanes) is 1. The third kappa shape index (κ3) is 8.76. The fraction of sp³-hybridized carbons (Fsp3) is 0.410. The predicted octanol–water partition coefficient (Wildman–Crippen LogP) is 8.40. The lowest BCUT2D eigenvalue weighted by Crippen LogP contribution is -2.38. The van der Waals surface area contributed by atoms with Crippen molar-refractivity contribution in [3.05, 3.63) is 95.2 Å². The second-order valence-electron chi connectivity index (χ2n) is 13.7. The van der Waals surface area contributed by atoms with Crippen LogP contribution in [0.1, 0.15) is 80.6 Å². The second-order valence-corrected chi connectivity index (χ2v) is 13.7. The molecule has 0 radical (unpaired) electrons. The zero-order valence-electron chi connectivity index (χ0n) is 29.1. The number of hydrogen-bond acceptors (Lipinski definition) is 5. The van der Waals surface area contributed by atoms with Crippen molar-refractivity contribution >= 4 is 23.4 Å². The van der Waals surface area contributed by atoms with Gasteiger partial charge in [-0.05, 0) is 86.6 Å². The Bertz CT molecular complexity index is 1700. The average molecular weight is 652 g/mol. The normalized spacial score (nSPS) is 13.7. The largest absolute Gasteiger partial charge is 0.493 e. The van der Waals surface area contributed by atoms with Gasteiger partial charge < -0.3 is 19.7 Å². The van der Waals surface area contributed by atoms with E-state index in [0.29, 0.717) is 48.5 Å². The third-order valence-electron chi connectivity index (χ3n) is 8.77. The number of rotatable bonds is 11. The highest BCUT2D eigenvalue weighted by molar-refractivity contribution is 5.99. The van der Waals surface area contributed by atoms with Crippen molar-refractivity contribution in [3.8, 4) is 17.2 Å². The van der Waals surface area contributed by atoms with Gasteiger partial charge in [0, 0.05) is 35.8 Å². The first kappa shape index (κ1) is 34.5. The van der Waals surface area contributed by atoms with Crippen LogP contribution in [0.3, 0.4) is 0 Å². The standard InChI is InChI=1S/C39H49N5O4/c1-7-8-22-48-34-25-30(14-17-33(34)47-6)37(45)43-20-18-28(19-21-43)23-29-10-9-11-31(24-29)40-38(46)41-36-26-35(39(3,4)5)42-44(36)32-15-12-27(2)13-16-32/h9-17,24-26,28H,7-8,18-23H2,1-6H3,(H2,40,41,46). The van der Waals surface area contributed by atoms with E-state index >= 15 is 0 Å². The van der Waals surface area contributed by atoms with Crippen LogP contribution in [0.15, 0.2) is 72.8 Å². The molecule has 1 fully saturated rings. The highest BCUT2D eigenvalue weighted by atomic mass is 16.5. The van der Waals surface area contributed by atoms with Gasteiger partial charge in [0.2, 0.25) is 0 Å². The molecule has 254 valence electrons. The molecule has 1 saturated heterocycles. The smallest absolute Gasteiger partial charge is 0.324 e. The number of ether oxygens (including phenoxy) is 2. The highest BCUT2D eigenvalue weighted by Crippen LogP contribution is 2.31. The molecule has 5 rings (SSSR count). The summed E-state index contributed by atoms with van der Waals surface area (Å²) in [4.78, 5) is 28.5. The molecular weight excluding hydrogens is 602 g/mol. The summed E-state index contributed by atoms with van der Waals surface area (Å²) in [6, 6.07) is 23.1. The molecular formula is C39H49N5O4. The molecule has 0 spiro atoms. The maximum atomic E-state index is 13.4. The number of carbonyl (C=O) groups is 2. The van der Waals surface area contributed by atoms with Crippen LogP contribution < -0.4 is 20.1 Å². The molecule has 3 amide bonds. The van der Waals surface area contributed by atoms with Crippen LogP contribution in [0.5, 0.6) is 11.5 Å². The fourth-order valence-electron chi connectivity index (χ4n) is 5.88. The fourth-order valence-corrected chi connectivity index (χ4v) is 5.88. The van der Waals surface area contributed by atoms with Crippen molar-refractivity contribution in [1.29, 1.82) is 0 Å². The maximum Gasteiger partial charge on any atom is 0.324 e. The van der Waals surface area contributed by atoms with Gasteiger partial charge in [0.05, 0.1) is 25.1 Å². The molecule has 9 heteroatoms. The minimum absolute atomic E-state index is 0.0204. The van der Waals surface area contributed by atoms with Crippen LogP contribution in [0.25, 0.3) is 5.69 Å². The summed E-state index contributed by atoms with van der Waals surface area (Å²) in [6.07, 6.45) is 4.69. The van der Waals surface area contributed by atoms with Crippen LogP contribution in [0.2, 0.25) is 0 Å². The van der Waals surface area contributed by atoms with Crippen molar-refractivity contribution < 1.29 is 19.1 Å². The molecule has 0 unspecified atom stereocenters. The summed E-state index contributed by atoms with van der Waals surface area (Å²) in [6.45, 7) is 12.5. The van der Waals surface area contributed by atoms with Gasteiger partial charge in [-0.15, -0.1) is 0 Å². The van der Waals surface area contributed by atoms with E-state index in [4.69, 9.17) is 14.6 Å². The molecule has 0 bridgehead atoms. The molecule has 0 aliphatic carbocycles. The Kier molecular flexibility index (Phi) is 11.1. The first-order valence-corrected chi connectivity index (χ1v) is 17.0. The number of aromatic nitrogens is 2. The molecule has 1 aliphatic rings. The average Bonchev–Trinajstić information content (AvgIpc) is 3.49. The first-order valence-electron chi connectivity index (χ1n) is 17.0. The number of nitrogens with one attached hydrogen (secondary N) is 2. The lowest BCUT2D eigenvalue weighted by atomic mass is 9.90. The van der Waals surface area contributed by atoms with Crippen molar-refractivity contribution in [2.75, 3.05) is 37.4 Å². The summed E-state index contributed by atoms with van der Waals surface area (Å²) in [7, 11) is 1.61. The number of benzene rings is 3. The molecule has 48 heavy (non-hydrogen) atoms. The maximum absolute atomic E-state index is 13.4. The van der Waals surface area contributed by atoms with Gasteiger partial charge in [-0.2, -0.15) is 5.10 Å². The Morgan fingerprint density at radius 1 is 0.938 bits per heavy atom. The van der Waals surface area contributed by atoms with Gasteiger partial charge in [0.15, 0.2) is 11.5 Å². The number of anilines is 2. The molecule has 2 N–H and O–H groups in total. The van der Waals surface area contributed by atoms with Crippen LogP contribution >= 0.6 is 0 Å². The monoisotopic (exact) mass is 651 g/mol. The minimum atomic E-state index is -0.329. The van der Waals surface area contributed by atoms with Crippen molar-refractivity contribution in [1.82, 2.24) is 14.7 Å². The van der Waals surface area contributed by atoms with Gasteiger partial charge in [-0.3, -0.25) is 10.1 Å². The quantitative estimate of drug-likeness (QED) is 0.159. The van der Waals surface area contributed by atoms with Crippen LogP contribution in [0, 0.1) is 12.8 Å². The number of amides is 3. The number of aryl methyl sites for hydroxylation is 1. The van der Waals surface area contributed by atoms with Gasteiger partial charge >= 0.3 is 6.03 Å². The Morgan fingerprint density at radius 3 is 2.38 bits per heavy atom. The molecule has 0 atom stereocenters. The minimum Gasteiger partial charge on any atom is -0.493 e. The van der Waals surface area contributed by atoms with Crippen LogP contribution in [-0.2, 0) is 11.8 Å². The van der Waals surface area contributed by atoms with E-state index in [1.807, 2.05) is 72.5 Å². The van der Waals surface area contributed by atoms with E-state index in [9.17, 15) is 9.59 Å². The number of piperidine rings is 1. The molecule has 2 heterocycles. The van der Waals surface area contributed by atoms with Crippen molar-refractivity contribution in [3.63, 3.8) is 0 Å². The number of methoxy groups -OCH3 is 1. The number of carbonyl (C=O) groups excluding carboxylic acids is 2. The van der Waals surface area contributed by atoms with E-state index in [1.165, 1.54) is 0 Å². The van der Waals surface area contributed by atoms with Crippen LogP contribution in [-0.4, -0.2) is 53.4 Å². The van der Waals surface area contributed by atoms with Crippen LogP contribution in [0.4, 0.5) is 16.3 Å². The molecule has 9 nitrogen and oxygen atoms in total. The lowest BCUT2D eigenvalue weighted by molar-refractivity contribution is 0.0690. The van der Waals surface area contributed by atoms with E-state index in [0.717, 1.165) is 60.3 Å². The summed E-state index contributed by atoms with van der Waals surface area (Å²) in [5.41, 5.74) is 5.25. The van der Waals surface area contributed by atoms with E-state index < -0.39 is 0 Å². The number of urea groups is 1. The summed E-state index contributed by atoms with van der Waals surface area (Å²) in [5, 5.41) is 10.8. The lowest BCUT2D eigenvalue weighted by Gasteiger charge is -2.32. The topological polar surface area (TPSA) is 97.7 Å². The molecule has 1 aliphatic heterocycles. The van der Waals surface area contributed by atoms with E-state index in [2.05, 4.69) is 44.4 Å². The van der Waals surface area contributed by atoms with E-state index in [1.54, 1.807) is 17.9 Å². The molecule has 0 saturated carbocycles. The van der Waals surface area contributed by atoms with Crippen molar-refractivity contribution in [2.24, 2.45) is 5.92 Å². The van der Waals surface area contributed by atoms with Gasteiger partial charge in [-0.25, -0.2) is 9.48 Å². The van der Waals surface area contributed by atoms with Gasteiger partial charge in [0.1, 0.15) is 5.82 Å². The first-order chi connectivity index (χ1) is 23.0. The van der Waals surface area contributed by atoms with Gasteiger partial charge in [0.25, 0.3) is 5.91 Å². The summed E-state index contributed by atoms with van der Waals surface area (Å²) < 4.78 is 13.1. The summed E-state index contributed by atoms with van der Waals surface area (Å²) in [5.74, 6) is 2.32. The molecule has 3 aromatic carbocycles.